The van der Waals surface area contributed by atoms with E-state index in [-0.39, 0.29) is 49.1 Å². The summed E-state index contributed by atoms with van der Waals surface area (Å²) in [6.45, 7) is 7.14. The number of likely N-dealkylation sites (N-methyl/N-ethyl adjacent to an activating group) is 1. The molecule has 1 unspecified atom stereocenters. The first kappa shape index (κ1) is 41.6. The molecule has 1 saturated heterocycles. The quantitative estimate of drug-likeness (QED) is 0.0381. The van der Waals surface area contributed by atoms with Gasteiger partial charge in [0.05, 0.1) is 18.8 Å². The van der Waals surface area contributed by atoms with Crippen molar-refractivity contribution in [3.8, 4) is 0 Å². The van der Waals surface area contributed by atoms with Gasteiger partial charge in [0.15, 0.2) is 0 Å². The second kappa shape index (κ2) is 23.5. The number of allylic oxidation sites excluding steroid dienone is 4. The monoisotopic (exact) mass is 713 g/mol. The molecule has 5 aliphatic rings. The van der Waals surface area contributed by atoms with Crippen LogP contribution in [0.2, 0.25) is 0 Å². The van der Waals surface area contributed by atoms with Gasteiger partial charge in [-0.2, -0.15) is 0 Å². The zero-order valence-electron chi connectivity index (χ0n) is 32.5. The Hall–Kier alpha value is -2.19. The molecule has 0 radical (unpaired) electrons. The predicted molar refractivity (Wildman–Crippen MR) is 204 cm³/mol. The summed E-state index contributed by atoms with van der Waals surface area (Å²) in [5, 5.41) is 0. The number of esters is 3. The zero-order chi connectivity index (χ0) is 36.2. The van der Waals surface area contributed by atoms with Crippen LogP contribution in [0, 0.1) is 29.1 Å². The molecule has 4 saturated carbocycles. The number of piperazine rings is 1. The minimum absolute atomic E-state index is 0.0877. The van der Waals surface area contributed by atoms with E-state index in [9.17, 15) is 14.4 Å². The SMILES string of the molecule is CCCCC/C=C\C/C=C\CCCCCCCCC(=O)OCC(COC(=O)CCN1CCN(C)CC1)COC(=O)CC12CC3CC(CC(C3)C1)C2. The summed E-state index contributed by atoms with van der Waals surface area (Å²) in [6.07, 6.45) is 31.8. The summed E-state index contributed by atoms with van der Waals surface area (Å²) in [7, 11) is 2.12. The van der Waals surface area contributed by atoms with Crippen molar-refractivity contribution in [3.05, 3.63) is 24.3 Å². The van der Waals surface area contributed by atoms with E-state index in [2.05, 4.69) is 48.1 Å². The van der Waals surface area contributed by atoms with Crippen LogP contribution < -0.4 is 0 Å². The van der Waals surface area contributed by atoms with Crippen LogP contribution in [0.5, 0.6) is 0 Å². The lowest BCUT2D eigenvalue weighted by atomic mass is 9.49. The normalized spacial score (nSPS) is 25.5. The number of carbonyl (C=O) groups is 3. The van der Waals surface area contributed by atoms with Crippen LogP contribution in [-0.4, -0.2) is 87.3 Å². The summed E-state index contributed by atoms with van der Waals surface area (Å²) in [4.78, 5) is 43.0. The molecule has 8 heteroatoms. The maximum Gasteiger partial charge on any atom is 0.307 e. The summed E-state index contributed by atoms with van der Waals surface area (Å²) in [5.74, 6) is 1.34. The van der Waals surface area contributed by atoms with Crippen LogP contribution in [0.25, 0.3) is 0 Å². The number of unbranched alkanes of at least 4 members (excludes halogenated alkanes) is 9. The van der Waals surface area contributed by atoms with E-state index in [1.54, 1.807) is 0 Å². The van der Waals surface area contributed by atoms with E-state index >= 15 is 0 Å². The summed E-state index contributed by atoms with van der Waals surface area (Å²) < 4.78 is 17.1. The summed E-state index contributed by atoms with van der Waals surface area (Å²) in [5.41, 5.74) is 0.116. The molecule has 0 aromatic carbocycles. The fourth-order valence-corrected chi connectivity index (χ4v) is 9.36. The Balaban J connectivity index is 1.09. The number of ether oxygens (including phenoxy) is 3. The van der Waals surface area contributed by atoms with Crippen molar-refractivity contribution in [2.75, 3.05) is 59.6 Å². The molecule has 0 spiro atoms. The lowest BCUT2D eigenvalue weighted by Crippen LogP contribution is -2.47. The second-order valence-corrected chi connectivity index (χ2v) is 16.7. The average molecular weight is 713 g/mol. The number of nitrogens with zero attached hydrogens (tertiary/aromatic N) is 2. The van der Waals surface area contributed by atoms with Crippen molar-refractivity contribution >= 4 is 17.9 Å². The fourth-order valence-electron chi connectivity index (χ4n) is 9.36. The van der Waals surface area contributed by atoms with Gasteiger partial charge in [-0.3, -0.25) is 14.4 Å². The Morgan fingerprint density at radius 2 is 1.16 bits per heavy atom. The highest BCUT2D eigenvalue weighted by atomic mass is 16.6. The van der Waals surface area contributed by atoms with Gasteiger partial charge < -0.3 is 24.0 Å². The third kappa shape index (κ3) is 16.6. The number of hydrogen-bond acceptors (Lipinski definition) is 8. The van der Waals surface area contributed by atoms with Gasteiger partial charge >= 0.3 is 17.9 Å². The molecule has 0 aromatic heterocycles. The van der Waals surface area contributed by atoms with E-state index < -0.39 is 0 Å². The first-order valence-corrected chi connectivity index (χ1v) is 21.0. The van der Waals surface area contributed by atoms with E-state index in [4.69, 9.17) is 14.2 Å². The number of carbonyl (C=O) groups excluding carboxylic acids is 3. The van der Waals surface area contributed by atoms with Crippen molar-refractivity contribution in [2.45, 2.75) is 142 Å². The molecule has 0 aromatic rings. The van der Waals surface area contributed by atoms with Crippen LogP contribution >= 0.6 is 0 Å². The summed E-state index contributed by atoms with van der Waals surface area (Å²) >= 11 is 0. The standard InChI is InChI=1S/C43H72N2O6/c1-3-4-5-6-7-8-9-10-11-12-13-14-15-16-17-18-19-40(46)49-33-39(34-50-41(47)20-21-45-24-22-44(2)23-25-45)35-51-42(48)32-43-29-36-26-37(30-43)28-38(27-36)31-43/h7-8,10-11,36-39H,3-6,9,12-35H2,1-2H3/b8-7-,11-10-. The van der Waals surface area contributed by atoms with E-state index in [1.165, 1.54) is 64.2 Å². The van der Waals surface area contributed by atoms with Crippen LogP contribution in [0.4, 0.5) is 0 Å². The Labute approximate surface area is 310 Å². The Morgan fingerprint density at radius 3 is 1.75 bits per heavy atom. The molecule has 1 atom stereocenters. The molecule has 5 rings (SSSR count). The number of hydrogen-bond donors (Lipinski definition) is 0. The molecule has 1 heterocycles. The zero-order valence-corrected chi connectivity index (χ0v) is 32.5. The van der Waals surface area contributed by atoms with E-state index in [1.807, 2.05) is 0 Å². The first-order chi connectivity index (χ1) is 24.8. The van der Waals surface area contributed by atoms with Crippen molar-refractivity contribution < 1.29 is 28.6 Å². The Morgan fingerprint density at radius 1 is 0.647 bits per heavy atom. The molecular weight excluding hydrogens is 640 g/mol. The lowest BCUT2D eigenvalue weighted by molar-refractivity contribution is -0.157. The number of rotatable bonds is 26. The maximum atomic E-state index is 13.1. The minimum atomic E-state index is -0.363. The maximum absolute atomic E-state index is 13.1. The first-order valence-electron chi connectivity index (χ1n) is 21.0. The van der Waals surface area contributed by atoms with Gasteiger partial charge in [0.1, 0.15) is 19.8 Å². The second-order valence-electron chi connectivity index (χ2n) is 16.7. The molecule has 1 aliphatic heterocycles. The third-order valence-electron chi connectivity index (χ3n) is 11.9. The van der Waals surface area contributed by atoms with E-state index in [0.717, 1.165) is 95.3 Å². The third-order valence-corrected chi connectivity index (χ3v) is 11.9. The minimum Gasteiger partial charge on any atom is -0.465 e. The van der Waals surface area contributed by atoms with Gasteiger partial charge in [0.25, 0.3) is 0 Å². The van der Waals surface area contributed by atoms with Gasteiger partial charge in [-0.05, 0) is 107 Å². The van der Waals surface area contributed by atoms with Crippen molar-refractivity contribution in [2.24, 2.45) is 29.1 Å². The molecule has 4 bridgehead atoms. The van der Waals surface area contributed by atoms with E-state index in [0.29, 0.717) is 25.8 Å². The topological polar surface area (TPSA) is 85.4 Å². The van der Waals surface area contributed by atoms with Crippen LogP contribution in [0.15, 0.2) is 24.3 Å². The van der Waals surface area contributed by atoms with Crippen LogP contribution in [0.3, 0.4) is 0 Å². The molecule has 290 valence electrons. The molecule has 8 nitrogen and oxygen atoms in total. The fraction of sp³-hybridized carbons (Fsp3) is 0.837. The van der Waals surface area contributed by atoms with Crippen LogP contribution in [0.1, 0.15) is 142 Å². The van der Waals surface area contributed by atoms with Gasteiger partial charge in [-0.25, -0.2) is 0 Å². The van der Waals surface area contributed by atoms with Gasteiger partial charge in [0, 0.05) is 39.1 Å². The Kier molecular flexibility index (Phi) is 19.1. The molecule has 4 aliphatic carbocycles. The Bertz CT molecular complexity index is 1050. The molecule has 5 fully saturated rings. The van der Waals surface area contributed by atoms with Gasteiger partial charge in [0.2, 0.25) is 0 Å². The van der Waals surface area contributed by atoms with Crippen molar-refractivity contribution in [1.82, 2.24) is 9.80 Å². The summed E-state index contributed by atoms with van der Waals surface area (Å²) in [6, 6.07) is 0. The van der Waals surface area contributed by atoms with Gasteiger partial charge in [-0.15, -0.1) is 0 Å². The predicted octanol–water partition coefficient (Wildman–Crippen LogP) is 8.68. The van der Waals surface area contributed by atoms with Gasteiger partial charge in [-0.1, -0.05) is 69.8 Å². The average Bonchev–Trinajstić information content (AvgIpc) is 3.10. The molecule has 0 amide bonds. The van der Waals surface area contributed by atoms with Crippen LogP contribution in [-0.2, 0) is 28.6 Å². The molecule has 0 N–H and O–H groups in total. The van der Waals surface area contributed by atoms with Crippen molar-refractivity contribution in [1.29, 1.82) is 0 Å². The highest BCUT2D eigenvalue weighted by molar-refractivity contribution is 5.71. The van der Waals surface area contributed by atoms with Crippen molar-refractivity contribution in [3.63, 3.8) is 0 Å². The highest BCUT2D eigenvalue weighted by Gasteiger charge is 2.51. The largest absolute Gasteiger partial charge is 0.465 e. The highest BCUT2D eigenvalue weighted by Crippen LogP contribution is 2.61. The lowest BCUT2D eigenvalue weighted by Gasteiger charge is -2.56. The molecular formula is C43H72N2O6. The smallest absolute Gasteiger partial charge is 0.307 e. The molecule has 51 heavy (non-hydrogen) atoms.